The fraction of sp³-hybridized carbons (Fsp3) is 0.375. The number of anilines is 2. The second-order valence-electron chi connectivity index (χ2n) is 6.03. The molecule has 3 heterocycles. The minimum Gasteiger partial charge on any atom is -0.368 e. The Balaban J connectivity index is 1.44. The van der Waals surface area contributed by atoms with Crippen LogP contribution >= 0.6 is 0 Å². The van der Waals surface area contributed by atoms with E-state index in [0.717, 1.165) is 37.6 Å². The summed E-state index contributed by atoms with van der Waals surface area (Å²) in [7, 11) is 0. The lowest BCUT2D eigenvalue weighted by Crippen LogP contribution is -2.47. The number of tetrazole rings is 1. The van der Waals surface area contributed by atoms with E-state index in [1.165, 1.54) is 6.07 Å². The van der Waals surface area contributed by atoms with Crippen LogP contribution in [0.3, 0.4) is 0 Å². The van der Waals surface area contributed by atoms with Crippen molar-refractivity contribution in [3.05, 3.63) is 47.6 Å². The van der Waals surface area contributed by atoms with Crippen LogP contribution in [0.5, 0.6) is 0 Å². The van der Waals surface area contributed by atoms with Crippen molar-refractivity contribution >= 4 is 11.6 Å². The summed E-state index contributed by atoms with van der Waals surface area (Å²) in [5.41, 5.74) is 1.73. The van der Waals surface area contributed by atoms with Crippen molar-refractivity contribution in [2.75, 3.05) is 36.0 Å². The van der Waals surface area contributed by atoms with E-state index in [1.54, 1.807) is 16.8 Å². The van der Waals surface area contributed by atoms with E-state index in [-0.39, 0.29) is 5.82 Å². The summed E-state index contributed by atoms with van der Waals surface area (Å²) >= 11 is 0. The Bertz CT molecular complexity index is 854. The highest BCUT2D eigenvalue weighted by molar-refractivity contribution is 5.48. The summed E-state index contributed by atoms with van der Waals surface area (Å²) in [6.07, 6.45) is 0. The third-order valence-electron chi connectivity index (χ3n) is 4.23. The maximum atomic E-state index is 13.4. The molecule has 0 bridgehead atoms. The van der Waals surface area contributed by atoms with E-state index in [4.69, 9.17) is 4.52 Å². The number of rotatable bonds is 4. The number of hydrogen-bond acceptors (Lipinski definition) is 7. The molecule has 0 radical (unpaired) electrons. The molecule has 1 aromatic carbocycles. The quantitative estimate of drug-likeness (QED) is 0.710. The molecule has 4 rings (SSSR count). The van der Waals surface area contributed by atoms with E-state index in [2.05, 4.69) is 30.5 Å². The molecule has 0 spiro atoms. The number of piperazine rings is 1. The normalized spacial score (nSPS) is 15.0. The van der Waals surface area contributed by atoms with E-state index >= 15 is 0 Å². The molecular weight excluding hydrogens is 325 g/mol. The molecule has 1 aliphatic heterocycles. The van der Waals surface area contributed by atoms with E-state index in [9.17, 15) is 4.39 Å². The van der Waals surface area contributed by atoms with E-state index in [0.29, 0.717) is 18.3 Å². The molecule has 1 fully saturated rings. The molecule has 2 aromatic heterocycles. The van der Waals surface area contributed by atoms with Crippen LogP contribution in [-0.4, -0.2) is 51.5 Å². The third-order valence-corrected chi connectivity index (χ3v) is 4.23. The van der Waals surface area contributed by atoms with Gasteiger partial charge in [0.15, 0.2) is 5.76 Å². The number of halogens is 1. The van der Waals surface area contributed by atoms with Gasteiger partial charge in [-0.2, -0.15) is 0 Å². The maximum Gasteiger partial charge on any atom is 0.246 e. The highest BCUT2D eigenvalue weighted by Crippen LogP contribution is 2.20. The van der Waals surface area contributed by atoms with Crippen LogP contribution in [0.4, 0.5) is 16.0 Å². The molecule has 9 heteroatoms. The van der Waals surface area contributed by atoms with Gasteiger partial charge in [-0.15, -0.1) is 0 Å². The van der Waals surface area contributed by atoms with Crippen molar-refractivity contribution in [3.8, 4) is 0 Å². The molecule has 0 saturated carbocycles. The van der Waals surface area contributed by atoms with Crippen molar-refractivity contribution in [1.29, 1.82) is 0 Å². The van der Waals surface area contributed by atoms with Crippen molar-refractivity contribution in [1.82, 2.24) is 25.4 Å². The van der Waals surface area contributed by atoms with Gasteiger partial charge in [-0.1, -0.05) is 16.3 Å². The zero-order chi connectivity index (χ0) is 17.2. The SMILES string of the molecule is Cc1cc(Cn2nnnc2N2CCN(c3cccc(F)c3)CC2)on1. The lowest BCUT2D eigenvalue weighted by molar-refractivity contribution is 0.366. The van der Waals surface area contributed by atoms with Gasteiger partial charge in [-0.05, 0) is 35.5 Å². The molecular formula is C16H18FN7O. The van der Waals surface area contributed by atoms with Crippen molar-refractivity contribution < 1.29 is 8.91 Å². The molecule has 1 saturated heterocycles. The molecule has 1 aliphatic rings. The van der Waals surface area contributed by atoms with Crippen LogP contribution < -0.4 is 9.80 Å². The molecule has 0 unspecified atom stereocenters. The van der Waals surface area contributed by atoms with Gasteiger partial charge in [-0.25, -0.2) is 9.07 Å². The first-order valence-electron chi connectivity index (χ1n) is 8.13. The molecule has 0 aliphatic carbocycles. The average Bonchev–Trinajstić information content (AvgIpc) is 3.24. The van der Waals surface area contributed by atoms with Crippen LogP contribution in [0.25, 0.3) is 0 Å². The Morgan fingerprint density at radius 1 is 1.12 bits per heavy atom. The molecule has 3 aromatic rings. The Labute approximate surface area is 143 Å². The van der Waals surface area contributed by atoms with Crippen molar-refractivity contribution in [3.63, 3.8) is 0 Å². The number of hydrogen-bond donors (Lipinski definition) is 0. The van der Waals surface area contributed by atoms with E-state index in [1.807, 2.05) is 19.1 Å². The molecule has 25 heavy (non-hydrogen) atoms. The van der Waals surface area contributed by atoms with Crippen molar-refractivity contribution in [2.45, 2.75) is 13.5 Å². The molecule has 130 valence electrons. The van der Waals surface area contributed by atoms with Gasteiger partial charge in [0.1, 0.15) is 12.4 Å². The first kappa shape index (κ1) is 15.6. The predicted octanol–water partition coefficient (Wildman–Crippen LogP) is 1.48. The second kappa shape index (κ2) is 6.50. The van der Waals surface area contributed by atoms with Gasteiger partial charge in [0, 0.05) is 37.9 Å². The summed E-state index contributed by atoms with van der Waals surface area (Å²) in [5.74, 6) is 1.20. The van der Waals surface area contributed by atoms with Crippen LogP contribution in [-0.2, 0) is 6.54 Å². The summed E-state index contributed by atoms with van der Waals surface area (Å²) in [5, 5.41) is 15.9. The maximum absolute atomic E-state index is 13.4. The zero-order valence-electron chi connectivity index (χ0n) is 13.8. The second-order valence-corrected chi connectivity index (χ2v) is 6.03. The minimum atomic E-state index is -0.216. The molecule has 8 nitrogen and oxygen atoms in total. The number of nitrogens with zero attached hydrogens (tertiary/aromatic N) is 7. The van der Waals surface area contributed by atoms with Crippen molar-refractivity contribution in [2.24, 2.45) is 0 Å². The number of aromatic nitrogens is 5. The monoisotopic (exact) mass is 343 g/mol. The number of aryl methyl sites for hydroxylation is 1. The number of benzene rings is 1. The summed E-state index contributed by atoms with van der Waals surface area (Å²) in [6.45, 7) is 5.38. The molecule has 0 amide bonds. The van der Waals surface area contributed by atoms with Crippen LogP contribution in [0.1, 0.15) is 11.5 Å². The zero-order valence-corrected chi connectivity index (χ0v) is 13.8. The fourth-order valence-corrected chi connectivity index (χ4v) is 3.00. The first-order valence-corrected chi connectivity index (χ1v) is 8.13. The van der Waals surface area contributed by atoms with Gasteiger partial charge in [0.05, 0.1) is 5.69 Å². The first-order chi connectivity index (χ1) is 12.2. The third kappa shape index (κ3) is 3.30. The lowest BCUT2D eigenvalue weighted by atomic mass is 10.2. The summed E-state index contributed by atoms with van der Waals surface area (Å²) in [4.78, 5) is 4.28. The Morgan fingerprint density at radius 2 is 1.92 bits per heavy atom. The predicted molar refractivity (Wildman–Crippen MR) is 89.0 cm³/mol. The lowest BCUT2D eigenvalue weighted by Gasteiger charge is -2.36. The largest absolute Gasteiger partial charge is 0.368 e. The van der Waals surface area contributed by atoms with Gasteiger partial charge in [0.25, 0.3) is 0 Å². The fourth-order valence-electron chi connectivity index (χ4n) is 3.00. The van der Waals surface area contributed by atoms with E-state index < -0.39 is 0 Å². The Morgan fingerprint density at radius 3 is 2.64 bits per heavy atom. The highest BCUT2D eigenvalue weighted by atomic mass is 19.1. The minimum absolute atomic E-state index is 0.216. The Hall–Kier alpha value is -2.97. The molecule has 0 atom stereocenters. The van der Waals surface area contributed by atoms with Gasteiger partial charge >= 0.3 is 0 Å². The van der Waals surface area contributed by atoms with Gasteiger partial charge in [-0.3, -0.25) is 0 Å². The van der Waals surface area contributed by atoms with Crippen LogP contribution in [0.2, 0.25) is 0 Å². The topological polar surface area (TPSA) is 76.1 Å². The van der Waals surface area contributed by atoms with Gasteiger partial charge < -0.3 is 14.3 Å². The van der Waals surface area contributed by atoms with Gasteiger partial charge in [0.2, 0.25) is 5.95 Å². The standard InChI is InChI=1S/C16H18FN7O/c1-12-9-15(25-19-12)11-24-16(18-20-21-24)23-7-5-22(6-8-23)14-4-2-3-13(17)10-14/h2-4,9-10H,5-8,11H2,1H3. The highest BCUT2D eigenvalue weighted by Gasteiger charge is 2.22. The van der Waals surface area contributed by atoms with Crippen LogP contribution in [0.15, 0.2) is 34.9 Å². The Kier molecular flexibility index (Phi) is 4.04. The summed E-state index contributed by atoms with van der Waals surface area (Å²) in [6, 6.07) is 8.55. The smallest absolute Gasteiger partial charge is 0.246 e. The molecule has 0 N–H and O–H groups in total. The summed E-state index contributed by atoms with van der Waals surface area (Å²) < 4.78 is 20.3. The average molecular weight is 343 g/mol. The van der Waals surface area contributed by atoms with Crippen LogP contribution in [0, 0.1) is 12.7 Å².